The maximum atomic E-state index is 12.3. The number of hydrogen-bond donors (Lipinski definition) is 0. The maximum Gasteiger partial charge on any atom is 0.323 e. The topological polar surface area (TPSA) is 26.3 Å². The van der Waals surface area contributed by atoms with Crippen molar-refractivity contribution in [1.29, 1.82) is 0 Å². The van der Waals surface area contributed by atoms with Crippen LogP contribution in [0.15, 0.2) is 30.3 Å². The minimum Gasteiger partial charge on any atom is -0.464 e. The Hall–Kier alpha value is -0.960. The van der Waals surface area contributed by atoms with Crippen LogP contribution in [0.4, 0.5) is 0 Å². The van der Waals surface area contributed by atoms with E-state index in [2.05, 4.69) is 30.5 Å². The Morgan fingerprint density at radius 2 is 2.06 bits per heavy atom. The lowest BCUT2D eigenvalue weighted by Gasteiger charge is -2.41. The van der Waals surface area contributed by atoms with Gasteiger partial charge in [0, 0.05) is 11.8 Å². The van der Waals surface area contributed by atoms with Gasteiger partial charge in [0.25, 0.3) is 0 Å². The molecule has 0 bridgehead atoms. The Bertz CT molecular complexity index is 445. The van der Waals surface area contributed by atoms with Crippen LogP contribution in [0.25, 0.3) is 0 Å². The SMILES string of the molecule is CS[C@@]12C(=O)OC[C@H]1CCC[C@H]2c1ccccc1. The Morgan fingerprint density at radius 3 is 2.78 bits per heavy atom. The number of hydrogen-bond acceptors (Lipinski definition) is 3. The molecule has 0 unspecified atom stereocenters. The van der Waals surface area contributed by atoms with E-state index in [1.165, 1.54) is 12.0 Å². The number of cyclic esters (lactones) is 1. The Morgan fingerprint density at radius 1 is 1.28 bits per heavy atom. The van der Waals surface area contributed by atoms with Gasteiger partial charge >= 0.3 is 5.97 Å². The van der Waals surface area contributed by atoms with Crippen LogP contribution >= 0.6 is 11.8 Å². The molecular weight excluding hydrogens is 244 g/mol. The molecule has 0 spiro atoms. The van der Waals surface area contributed by atoms with Crippen LogP contribution in [0, 0.1) is 5.92 Å². The van der Waals surface area contributed by atoms with Gasteiger partial charge in [-0.2, -0.15) is 0 Å². The van der Waals surface area contributed by atoms with E-state index in [1.807, 2.05) is 6.07 Å². The maximum absolute atomic E-state index is 12.3. The lowest BCUT2D eigenvalue weighted by atomic mass is 9.70. The standard InChI is InChI=1S/C15H18O2S/c1-18-15-12(10-17-14(15)16)8-5-9-13(15)11-6-3-2-4-7-11/h2-4,6-7,12-13H,5,8-10H2,1H3/t12-,13+,15+/m1/s1. The molecule has 2 fully saturated rings. The van der Waals surface area contributed by atoms with Gasteiger partial charge < -0.3 is 4.74 Å². The largest absolute Gasteiger partial charge is 0.464 e. The van der Waals surface area contributed by atoms with Gasteiger partial charge in [0.05, 0.1) is 6.61 Å². The number of carbonyl (C=O) groups excluding carboxylic acids is 1. The molecule has 3 rings (SSSR count). The molecule has 1 heterocycles. The third-order valence-electron chi connectivity index (χ3n) is 4.44. The van der Waals surface area contributed by atoms with Crippen LogP contribution in [0.5, 0.6) is 0 Å². The quantitative estimate of drug-likeness (QED) is 0.765. The molecule has 1 saturated heterocycles. The molecule has 2 nitrogen and oxygen atoms in total. The minimum atomic E-state index is -0.334. The number of fused-ring (bicyclic) bond motifs is 1. The first-order valence-corrected chi connectivity index (χ1v) is 7.79. The fraction of sp³-hybridized carbons (Fsp3) is 0.533. The summed E-state index contributed by atoms with van der Waals surface area (Å²) in [6.45, 7) is 0.614. The second-order valence-corrected chi connectivity index (χ2v) is 6.27. The van der Waals surface area contributed by atoms with Crippen molar-refractivity contribution in [3.05, 3.63) is 35.9 Å². The van der Waals surface area contributed by atoms with Gasteiger partial charge in [0.15, 0.2) is 0 Å². The smallest absolute Gasteiger partial charge is 0.323 e. The van der Waals surface area contributed by atoms with E-state index in [0.29, 0.717) is 18.4 Å². The van der Waals surface area contributed by atoms with Crippen molar-refractivity contribution in [3.63, 3.8) is 0 Å². The van der Waals surface area contributed by atoms with Crippen LogP contribution in [-0.4, -0.2) is 23.6 Å². The van der Waals surface area contributed by atoms with Crippen molar-refractivity contribution in [2.45, 2.75) is 29.9 Å². The van der Waals surface area contributed by atoms with Crippen molar-refractivity contribution in [2.75, 3.05) is 12.9 Å². The molecule has 1 aliphatic heterocycles. The fourth-order valence-corrected chi connectivity index (χ4v) is 4.86. The molecular formula is C15H18O2S. The number of carbonyl (C=O) groups is 1. The van der Waals surface area contributed by atoms with Crippen molar-refractivity contribution < 1.29 is 9.53 Å². The molecule has 1 saturated carbocycles. The Kier molecular flexibility index (Phi) is 3.10. The Balaban J connectivity index is 2.04. The summed E-state index contributed by atoms with van der Waals surface area (Å²) in [6, 6.07) is 10.5. The molecule has 3 atom stereocenters. The molecule has 3 heteroatoms. The van der Waals surface area contributed by atoms with E-state index in [-0.39, 0.29) is 10.7 Å². The summed E-state index contributed by atoms with van der Waals surface area (Å²) in [6.07, 6.45) is 5.47. The van der Waals surface area contributed by atoms with Crippen molar-refractivity contribution in [1.82, 2.24) is 0 Å². The summed E-state index contributed by atoms with van der Waals surface area (Å²) < 4.78 is 5.05. The van der Waals surface area contributed by atoms with E-state index in [9.17, 15) is 4.79 Å². The second-order valence-electron chi connectivity index (χ2n) is 5.19. The summed E-state index contributed by atoms with van der Waals surface area (Å²) in [5.74, 6) is 0.704. The lowest BCUT2D eigenvalue weighted by molar-refractivity contribution is -0.140. The van der Waals surface area contributed by atoms with E-state index < -0.39 is 0 Å². The first kappa shape index (κ1) is 12.1. The summed E-state index contributed by atoms with van der Waals surface area (Å²) in [5.41, 5.74) is 1.29. The lowest BCUT2D eigenvalue weighted by Crippen LogP contribution is -2.46. The molecule has 1 aromatic rings. The molecule has 0 radical (unpaired) electrons. The number of rotatable bonds is 2. The average Bonchev–Trinajstić information content (AvgIpc) is 2.77. The monoisotopic (exact) mass is 262 g/mol. The van der Waals surface area contributed by atoms with Crippen LogP contribution in [0.1, 0.15) is 30.7 Å². The number of thioether (sulfide) groups is 1. The third kappa shape index (κ3) is 1.60. The van der Waals surface area contributed by atoms with Gasteiger partial charge in [-0.1, -0.05) is 36.8 Å². The van der Waals surface area contributed by atoms with Gasteiger partial charge in [-0.15, -0.1) is 11.8 Å². The van der Waals surface area contributed by atoms with Gasteiger partial charge in [-0.3, -0.25) is 4.79 Å². The van der Waals surface area contributed by atoms with Gasteiger partial charge in [-0.25, -0.2) is 0 Å². The molecule has 0 aromatic heterocycles. The molecule has 1 aromatic carbocycles. The fourth-order valence-electron chi connectivity index (χ4n) is 3.58. The Labute approximate surface area is 112 Å². The van der Waals surface area contributed by atoms with Crippen LogP contribution in [0.2, 0.25) is 0 Å². The van der Waals surface area contributed by atoms with E-state index >= 15 is 0 Å². The highest BCUT2D eigenvalue weighted by atomic mass is 32.2. The molecule has 0 N–H and O–H groups in total. The zero-order valence-electron chi connectivity index (χ0n) is 10.6. The molecule has 2 aliphatic rings. The first-order valence-electron chi connectivity index (χ1n) is 6.56. The van der Waals surface area contributed by atoms with Gasteiger partial charge in [0.2, 0.25) is 0 Å². The minimum absolute atomic E-state index is 0.00792. The van der Waals surface area contributed by atoms with Crippen molar-refractivity contribution in [3.8, 4) is 0 Å². The van der Waals surface area contributed by atoms with Crippen molar-refractivity contribution in [2.24, 2.45) is 5.92 Å². The first-order chi connectivity index (χ1) is 8.79. The highest BCUT2D eigenvalue weighted by Gasteiger charge is 2.58. The van der Waals surface area contributed by atoms with Crippen LogP contribution in [0.3, 0.4) is 0 Å². The predicted molar refractivity (Wildman–Crippen MR) is 73.7 cm³/mol. The highest BCUT2D eigenvalue weighted by Crippen LogP contribution is 2.55. The number of ether oxygens (including phenoxy) is 1. The summed E-state index contributed by atoms with van der Waals surface area (Å²) in [7, 11) is 0. The molecule has 18 heavy (non-hydrogen) atoms. The van der Waals surface area contributed by atoms with Crippen LogP contribution in [-0.2, 0) is 9.53 Å². The second kappa shape index (κ2) is 4.61. The highest BCUT2D eigenvalue weighted by molar-refractivity contribution is 8.00. The van der Waals surface area contributed by atoms with E-state index in [0.717, 1.165) is 12.8 Å². The molecule has 0 amide bonds. The summed E-state index contributed by atoms with van der Waals surface area (Å²) in [5, 5.41) is 0. The van der Waals surface area contributed by atoms with Crippen LogP contribution < -0.4 is 0 Å². The third-order valence-corrected chi connectivity index (χ3v) is 5.90. The zero-order valence-corrected chi connectivity index (χ0v) is 11.4. The number of esters is 1. The van der Waals surface area contributed by atoms with Crippen molar-refractivity contribution >= 4 is 17.7 Å². The molecule has 1 aliphatic carbocycles. The summed E-state index contributed by atoms with van der Waals surface area (Å²) >= 11 is 1.70. The van der Waals surface area contributed by atoms with Gasteiger partial charge in [-0.05, 0) is 24.7 Å². The van der Waals surface area contributed by atoms with E-state index in [4.69, 9.17) is 4.74 Å². The molecule has 96 valence electrons. The summed E-state index contributed by atoms with van der Waals surface area (Å²) in [4.78, 5) is 12.3. The normalized spacial score (nSPS) is 35.1. The van der Waals surface area contributed by atoms with Gasteiger partial charge in [0.1, 0.15) is 4.75 Å². The predicted octanol–water partition coefficient (Wildman–Crippen LogP) is 3.23. The average molecular weight is 262 g/mol. The zero-order chi connectivity index (χ0) is 12.6. The van der Waals surface area contributed by atoms with E-state index in [1.54, 1.807) is 11.8 Å². The number of benzene rings is 1.